The number of nitrogens with one attached hydrogen (secondary N) is 1. The third-order valence-corrected chi connectivity index (χ3v) is 4.40. The van der Waals surface area contributed by atoms with Gasteiger partial charge in [-0.3, -0.25) is 4.90 Å². The molecular weight excluding hydrogens is 248 g/mol. The summed E-state index contributed by atoms with van der Waals surface area (Å²) in [6, 6.07) is 6.67. The fourth-order valence-electron chi connectivity index (χ4n) is 3.17. The van der Waals surface area contributed by atoms with E-state index in [9.17, 15) is 0 Å². The third-order valence-electron chi connectivity index (χ3n) is 4.40. The highest BCUT2D eigenvalue weighted by Crippen LogP contribution is 2.23. The average molecular weight is 272 g/mol. The van der Waals surface area contributed by atoms with E-state index >= 15 is 0 Å². The minimum absolute atomic E-state index is 0.199. The summed E-state index contributed by atoms with van der Waals surface area (Å²) < 4.78 is 2.07. The van der Waals surface area contributed by atoms with E-state index in [4.69, 9.17) is 0 Å². The van der Waals surface area contributed by atoms with E-state index in [-0.39, 0.29) is 5.54 Å². The Morgan fingerprint density at radius 3 is 2.75 bits per heavy atom. The summed E-state index contributed by atoms with van der Waals surface area (Å²) in [7, 11) is 2.04. The third kappa shape index (κ3) is 2.58. The molecule has 2 aromatic rings. The Kier molecular flexibility index (Phi) is 3.52. The fourth-order valence-corrected chi connectivity index (χ4v) is 3.17. The van der Waals surface area contributed by atoms with E-state index in [1.54, 1.807) is 0 Å². The van der Waals surface area contributed by atoms with Crippen LogP contribution in [0.5, 0.6) is 0 Å². The summed E-state index contributed by atoms with van der Waals surface area (Å²) in [6.07, 6.45) is 2.95. The molecule has 1 aromatic carbocycles. The normalized spacial score (nSPS) is 17.8. The van der Waals surface area contributed by atoms with E-state index in [0.29, 0.717) is 0 Å². The molecular formula is C16H24N4. The Morgan fingerprint density at radius 1 is 1.25 bits per heavy atom. The molecule has 0 bridgehead atoms. The lowest BCUT2D eigenvalue weighted by Gasteiger charge is -2.41. The molecule has 0 atom stereocenters. The zero-order valence-corrected chi connectivity index (χ0v) is 12.7. The number of aromatic nitrogens is 2. The second-order valence-corrected chi connectivity index (χ2v) is 6.40. The zero-order valence-electron chi connectivity index (χ0n) is 12.7. The van der Waals surface area contributed by atoms with E-state index in [2.05, 4.69) is 51.8 Å². The van der Waals surface area contributed by atoms with Crippen LogP contribution in [0, 0.1) is 0 Å². The van der Waals surface area contributed by atoms with Crippen molar-refractivity contribution in [3.05, 3.63) is 30.1 Å². The van der Waals surface area contributed by atoms with Gasteiger partial charge in [0.25, 0.3) is 0 Å². The predicted octanol–water partition coefficient (Wildman–Crippen LogP) is 1.80. The van der Waals surface area contributed by atoms with Crippen LogP contribution in [0.15, 0.2) is 24.5 Å². The molecule has 1 saturated heterocycles. The molecule has 1 aromatic heterocycles. The van der Waals surface area contributed by atoms with Gasteiger partial charge in [-0.1, -0.05) is 6.07 Å². The van der Waals surface area contributed by atoms with Crippen molar-refractivity contribution in [1.82, 2.24) is 19.8 Å². The van der Waals surface area contributed by atoms with Crippen molar-refractivity contribution in [3.8, 4) is 0 Å². The first-order valence-electron chi connectivity index (χ1n) is 7.42. The van der Waals surface area contributed by atoms with E-state index < -0.39 is 0 Å². The van der Waals surface area contributed by atoms with Crippen LogP contribution in [0.4, 0.5) is 0 Å². The van der Waals surface area contributed by atoms with Gasteiger partial charge in [-0.15, -0.1) is 0 Å². The van der Waals surface area contributed by atoms with Gasteiger partial charge in [0, 0.05) is 38.8 Å². The molecule has 0 aliphatic carbocycles. The van der Waals surface area contributed by atoms with Gasteiger partial charge in [-0.2, -0.15) is 0 Å². The van der Waals surface area contributed by atoms with Gasteiger partial charge in [-0.25, -0.2) is 4.98 Å². The van der Waals surface area contributed by atoms with E-state index in [0.717, 1.165) is 38.1 Å². The van der Waals surface area contributed by atoms with Gasteiger partial charge in [0.1, 0.15) is 0 Å². The molecule has 3 rings (SSSR count). The second kappa shape index (κ2) is 5.19. The van der Waals surface area contributed by atoms with Crippen LogP contribution >= 0.6 is 0 Å². The zero-order chi connectivity index (χ0) is 14.2. The number of imidazole rings is 1. The molecule has 4 nitrogen and oxygen atoms in total. The van der Waals surface area contributed by atoms with Crippen molar-refractivity contribution in [2.45, 2.75) is 25.8 Å². The van der Waals surface area contributed by atoms with Gasteiger partial charge >= 0.3 is 0 Å². The summed E-state index contributed by atoms with van der Waals surface area (Å²) in [5.74, 6) is 0. The van der Waals surface area contributed by atoms with Gasteiger partial charge in [0.2, 0.25) is 0 Å². The van der Waals surface area contributed by atoms with Crippen molar-refractivity contribution in [1.29, 1.82) is 0 Å². The van der Waals surface area contributed by atoms with Crippen LogP contribution in [-0.4, -0.2) is 46.2 Å². The van der Waals surface area contributed by atoms with Crippen molar-refractivity contribution in [3.63, 3.8) is 0 Å². The minimum atomic E-state index is 0.199. The molecule has 1 N–H and O–H groups in total. The molecule has 1 aliphatic rings. The minimum Gasteiger partial charge on any atom is -0.334 e. The van der Waals surface area contributed by atoms with Crippen molar-refractivity contribution in [2.75, 3.05) is 26.2 Å². The predicted molar refractivity (Wildman–Crippen MR) is 82.9 cm³/mol. The molecule has 108 valence electrons. The number of rotatable bonds is 3. The first-order chi connectivity index (χ1) is 9.56. The van der Waals surface area contributed by atoms with Crippen LogP contribution in [0.3, 0.4) is 0 Å². The summed E-state index contributed by atoms with van der Waals surface area (Å²) in [5.41, 5.74) is 3.87. The van der Waals surface area contributed by atoms with Gasteiger partial charge < -0.3 is 9.88 Å². The number of hydrogen-bond donors (Lipinski definition) is 1. The summed E-state index contributed by atoms with van der Waals surface area (Å²) >= 11 is 0. The lowest BCUT2D eigenvalue weighted by atomic mass is 9.92. The molecule has 20 heavy (non-hydrogen) atoms. The number of piperazine rings is 1. The monoisotopic (exact) mass is 272 g/mol. The Hall–Kier alpha value is -1.39. The summed E-state index contributed by atoms with van der Waals surface area (Å²) in [4.78, 5) is 7.05. The maximum absolute atomic E-state index is 4.46. The number of hydrogen-bond acceptors (Lipinski definition) is 3. The fraction of sp³-hybridized carbons (Fsp3) is 0.562. The van der Waals surface area contributed by atoms with Crippen LogP contribution < -0.4 is 5.32 Å². The molecule has 1 aliphatic heterocycles. The highest BCUT2D eigenvalue weighted by Gasteiger charge is 2.28. The molecule has 0 unspecified atom stereocenters. The molecule has 0 saturated carbocycles. The summed E-state index contributed by atoms with van der Waals surface area (Å²) in [6.45, 7) is 9.17. The number of benzene rings is 1. The molecule has 0 spiro atoms. The number of fused-ring (bicyclic) bond motifs is 1. The largest absolute Gasteiger partial charge is 0.334 e. The molecule has 0 amide bonds. The number of aryl methyl sites for hydroxylation is 1. The Balaban J connectivity index is 1.80. The van der Waals surface area contributed by atoms with Crippen LogP contribution in [0.2, 0.25) is 0 Å². The Morgan fingerprint density at radius 2 is 2.00 bits per heavy atom. The number of nitrogens with zero attached hydrogens (tertiary/aromatic N) is 3. The summed E-state index contributed by atoms with van der Waals surface area (Å²) in [5, 5.41) is 3.42. The maximum atomic E-state index is 4.46. The first-order valence-corrected chi connectivity index (χ1v) is 7.42. The van der Waals surface area contributed by atoms with Crippen molar-refractivity contribution in [2.24, 2.45) is 7.05 Å². The van der Waals surface area contributed by atoms with Crippen LogP contribution in [-0.2, 0) is 13.5 Å². The highest BCUT2D eigenvalue weighted by molar-refractivity contribution is 5.75. The Labute approximate surface area is 120 Å². The van der Waals surface area contributed by atoms with Crippen molar-refractivity contribution >= 4 is 11.0 Å². The van der Waals surface area contributed by atoms with Crippen LogP contribution in [0.25, 0.3) is 11.0 Å². The lowest BCUT2D eigenvalue weighted by molar-refractivity contribution is 0.104. The Bertz CT molecular complexity index is 594. The SMILES string of the molecule is Cn1cnc2cc(CC(C)(C)N3CCNCC3)ccc21. The molecule has 2 heterocycles. The topological polar surface area (TPSA) is 33.1 Å². The van der Waals surface area contributed by atoms with Gasteiger partial charge in [-0.05, 0) is 38.0 Å². The van der Waals surface area contributed by atoms with E-state index in [1.165, 1.54) is 11.1 Å². The van der Waals surface area contributed by atoms with E-state index in [1.807, 2.05) is 13.4 Å². The molecule has 1 fully saturated rings. The maximum Gasteiger partial charge on any atom is 0.0955 e. The second-order valence-electron chi connectivity index (χ2n) is 6.40. The van der Waals surface area contributed by atoms with Crippen molar-refractivity contribution < 1.29 is 0 Å². The quantitative estimate of drug-likeness (QED) is 0.925. The lowest BCUT2D eigenvalue weighted by Crippen LogP contribution is -2.54. The standard InChI is InChI=1S/C16H24N4/c1-16(2,20-8-6-17-7-9-20)11-13-4-5-15-14(10-13)18-12-19(15)3/h4-5,10,12,17H,6-9,11H2,1-3H3. The average Bonchev–Trinajstić information content (AvgIpc) is 2.80. The first kappa shape index (κ1) is 13.6. The highest BCUT2D eigenvalue weighted by atomic mass is 15.2. The van der Waals surface area contributed by atoms with Crippen LogP contribution in [0.1, 0.15) is 19.4 Å². The molecule has 0 radical (unpaired) electrons. The van der Waals surface area contributed by atoms with Gasteiger partial charge in [0.05, 0.1) is 17.4 Å². The van der Waals surface area contributed by atoms with Gasteiger partial charge in [0.15, 0.2) is 0 Å². The smallest absolute Gasteiger partial charge is 0.0955 e. The molecule has 4 heteroatoms.